The van der Waals surface area contributed by atoms with Crippen molar-refractivity contribution in [1.82, 2.24) is 10.3 Å². The summed E-state index contributed by atoms with van der Waals surface area (Å²) in [6.45, 7) is 1.22. The largest absolute Gasteiger partial charge is 0.464 e. The molecule has 0 atom stereocenters. The van der Waals surface area contributed by atoms with E-state index in [0.717, 1.165) is 5.56 Å². The van der Waals surface area contributed by atoms with Crippen LogP contribution in [0.15, 0.2) is 54.9 Å². The molecule has 0 saturated heterocycles. The molecule has 8 nitrogen and oxygen atoms in total. The van der Waals surface area contributed by atoms with Crippen LogP contribution < -0.4 is 5.32 Å². The highest BCUT2D eigenvalue weighted by Crippen LogP contribution is 2.14. The van der Waals surface area contributed by atoms with Crippen LogP contribution in [0.5, 0.6) is 0 Å². The van der Waals surface area contributed by atoms with Crippen molar-refractivity contribution in [2.24, 2.45) is 0 Å². The number of benzene rings is 1. The minimum Gasteiger partial charge on any atom is -0.464 e. The lowest BCUT2D eigenvalue weighted by Crippen LogP contribution is -2.21. The molecule has 27 heavy (non-hydrogen) atoms. The van der Waals surface area contributed by atoms with Crippen LogP contribution in [0.2, 0.25) is 0 Å². The van der Waals surface area contributed by atoms with Crippen LogP contribution in [-0.4, -0.2) is 34.8 Å². The van der Waals surface area contributed by atoms with Gasteiger partial charge in [-0.25, -0.2) is 0 Å². The van der Waals surface area contributed by atoms with E-state index in [0.29, 0.717) is 18.7 Å². The van der Waals surface area contributed by atoms with Crippen LogP contribution in [0.4, 0.5) is 5.69 Å². The molecule has 0 bridgehead atoms. The molecule has 2 rings (SSSR count). The number of carbonyl (C=O) groups is 2. The third-order valence-electron chi connectivity index (χ3n) is 3.46. The average Bonchev–Trinajstić information content (AvgIpc) is 2.67. The van der Waals surface area contributed by atoms with Crippen LogP contribution in [0.1, 0.15) is 17.5 Å². The number of carbonyl (C=O) groups excluding carboxylic acids is 2. The van der Waals surface area contributed by atoms with Gasteiger partial charge in [-0.3, -0.25) is 24.7 Å². The molecule has 0 aliphatic rings. The van der Waals surface area contributed by atoms with Gasteiger partial charge in [-0.1, -0.05) is 24.3 Å². The molecule has 8 heteroatoms. The number of hydrogen-bond acceptors (Lipinski definition) is 7. The molecular weight excluding hydrogens is 350 g/mol. The van der Waals surface area contributed by atoms with Crippen molar-refractivity contribution in [3.63, 3.8) is 0 Å². The summed E-state index contributed by atoms with van der Waals surface area (Å²) in [6, 6.07) is 9.62. The zero-order chi connectivity index (χ0) is 19.5. The maximum absolute atomic E-state index is 11.8. The number of non-ortho nitro benzene ring substituents is 1. The molecule has 0 saturated carbocycles. The van der Waals surface area contributed by atoms with Crippen LogP contribution in [0.3, 0.4) is 0 Å². The fourth-order valence-electron chi connectivity index (χ4n) is 2.16. The van der Waals surface area contributed by atoms with E-state index < -0.39 is 16.7 Å². The maximum Gasteiger partial charge on any atom is 0.313 e. The van der Waals surface area contributed by atoms with Crippen LogP contribution in [-0.2, 0) is 20.9 Å². The third kappa shape index (κ3) is 7.57. The van der Waals surface area contributed by atoms with Gasteiger partial charge in [-0.15, -0.1) is 0 Å². The molecule has 1 aromatic heterocycles. The first-order chi connectivity index (χ1) is 13.0. The van der Waals surface area contributed by atoms with Gasteiger partial charge in [0, 0.05) is 37.6 Å². The number of aromatic nitrogens is 1. The summed E-state index contributed by atoms with van der Waals surface area (Å²) in [5.41, 5.74) is 1.46. The number of ether oxygens (including phenoxy) is 1. The summed E-state index contributed by atoms with van der Waals surface area (Å²) in [6.07, 6.45) is 5.69. The average molecular weight is 369 g/mol. The van der Waals surface area contributed by atoms with Gasteiger partial charge in [-0.05, 0) is 23.3 Å². The van der Waals surface area contributed by atoms with Crippen molar-refractivity contribution in [2.75, 3.05) is 13.2 Å². The molecule has 140 valence electrons. The smallest absolute Gasteiger partial charge is 0.313 e. The lowest BCUT2D eigenvalue weighted by atomic mass is 10.1. The first-order valence-electron chi connectivity index (χ1n) is 8.25. The van der Waals surface area contributed by atoms with Gasteiger partial charge in [0.25, 0.3) is 5.69 Å². The Morgan fingerprint density at radius 2 is 2.11 bits per heavy atom. The van der Waals surface area contributed by atoms with E-state index in [2.05, 4.69) is 10.3 Å². The lowest BCUT2D eigenvalue weighted by Gasteiger charge is -2.05. The number of esters is 1. The zero-order valence-corrected chi connectivity index (χ0v) is 14.5. The van der Waals surface area contributed by atoms with Crippen LogP contribution in [0.25, 0.3) is 6.08 Å². The minimum absolute atomic E-state index is 0.0669. The molecule has 0 spiro atoms. The van der Waals surface area contributed by atoms with E-state index in [1.807, 2.05) is 12.1 Å². The van der Waals surface area contributed by atoms with Gasteiger partial charge in [0.1, 0.15) is 13.0 Å². The molecule has 0 fully saturated rings. The normalized spacial score (nSPS) is 10.7. The number of nitro groups is 1. The molecule has 1 N–H and O–H groups in total. The van der Waals surface area contributed by atoms with Gasteiger partial charge < -0.3 is 10.1 Å². The number of rotatable bonds is 10. The Bertz CT molecular complexity index is 821. The standard InChI is InChI=1S/C19H19N3O5/c23-18(7-6-15-3-1-5-17(11-15)22(25)26)12-19(24)27-10-9-21-14-16-4-2-8-20-13-16/h1-8,11,13,21H,9-10,12,14H2. The van der Waals surface area contributed by atoms with Crippen molar-refractivity contribution in [1.29, 1.82) is 0 Å². The number of ketones is 1. The number of nitrogens with zero attached hydrogens (tertiary/aromatic N) is 2. The Morgan fingerprint density at radius 1 is 1.26 bits per heavy atom. The van der Waals surface area contributed by atoms with Gasteiger partial charge in [0.15, 0.2) is 5.78 Å². The molecule has 0 amide bonds. The molecule has 2 aromatic rings. The van der Waals surface area contributed by atoms with Gasteiger partial charge >= 0.3 is 5.97 Å². The highest BCUT2D eigenvalue weighted by molar-refractivity contribution is 6.03. The zero-order valence-electron chi connectivity index (χ0n) is 14.5. The van der Waals surface area contributed by atoms with Gasteiger partial charge in [0.05, 0.1) is 4.92 Å². The fourth-order valence-corrected chi connectivity index (χ4v) is 2.16. The summed E-state index contributed by atoms with van der Waals surface area (Å²) in [4.78, 5) is 37.6. The number of hydrogen-bond donors (Lipinski definition) is 1. The second-order valence-corrected chi connectivity index (χ2v) is 5.59. The van der Waals surface area contributed by atoms with E-state index in [-0.39, 0.29) is 18.7 Å². The molecular formula is C19H19N3O5. The second-order valence-electron chi connectivity index (χ2n) is 5.59. The number of pyridine rings is 1. The first kappa shape index (κ1) is 19.9. The van der Waals surface area contributed by atoms with E-state index >= 15 is 0 Å². The van der Waals surface area contributed by atoms with E-state index in [9.17, 15) is 19.7 Å². The van der Waals surface area contributed by atoms with Crippen molar-refractivity contribution >= 4 is 23.5 Å². The summed E-state index contributed by atoms with van der Waals surface area (Å²) in [5, 5.41) is 13.8. The highest BCUT2D eigenvalue weighted by Gasteiger charge is 2.08. The Balaban J connectivity index is 1.67. The summed E-state index contributed by atoms with van der Waals surface area (Å²) >= 11 is 0. The SMILES string of the molecule is O=C(C=Cc1cccc([N+](=O)[O-])c1)CC(=O)OCCNCc1cccnc1. The van der Waals surface area contributed by atoms with E-state index in [4.69, 9.17) is 4.74 Å². The van der Waals surface area contributed by atoms with Gasteiger partial charge in [0.2, 0.25) is 0 Å². The lowest BCUT2D eigenvalue weighted by molar-refractivity contribution is -0.384. The second kappa shape index (κ2) is 10.6. The van der Waals surface area contributed by atoms with Crippen molar-refractivity contribution in [3.05, 3.63) is 76.1 Å². The Kier molecular flexibility index (Phi) is 7.80. The van der Waals surface area contributed by atoms with Crippen molar-refractivity contribution in [3.8, 4) is 0 Å². The van der Waals surface area contributed by atoms with E-state index in [1.165, 1.54) is 30.4 Å². The molecule has 1 aromatic carbocycles. The Hall–Kier alpha value is -3.39. The summed E-state index contributed by atoms with van der Waals surface area (Å²) in [7, 11) is 0. The Labute approximate surface area is 156 Å². The number of nitro benzene ring substituents is 1. The third-order valence-corrected chi connectivity index (χ3v) is 3.46. The van der Waals surface area contributed by atoms with Gasteiger partial charge in [-0.2, -0.15) is 0 Å². The van der Waals surface area contributed by atoms with E-state index in [1.54, 1.807) is 18.5 Å². The first-order valence-corrected chi connectivity index (χ1v) is 8.25. The fraction of sp³-hybridized carbons (Fsp3) is 0.211. The predicted octanol–water partition coefficient (Wildman–Crippen LogP) is 2.30. The molecule has 0 radical (unpaired) electrons. The molecule has 1 heterocycles. The number of allylic oxidation sites excluding steroid dienone is 1. The number of nitrogens with one attached hydrogen (secondary N) is 1. The summed E-state index contributed by atoms with van der Waals surface area (Å²) < 4.78 is 4.99. The quantitative estimate of drug-likeness (QED) is 0.171. The monoisotopic (exact) mass is 369 g/mol. The van der Waals surface area contributed by atoms with Crippen molar-refractivity contribution < 1.29 is 19.2 Å². The minimum atomic E-state index is -0.619. The molecule has 0 aliphatic heterocycles. The predicted molar refractivity (Wildman–Crippen MR) is 98.7 cm³/mol. The summed E-state index contributed by atoms with van der Waals surface area (Å²) in [5.74, 6) is -1.05. The van der Waals surface area contributed by atoms with Crippen LogP contribution in [0, 0.1) is 10.1 Å². The highest BCUT2D eigenvalue weighted by atomic mass is 16.6. The maximum atomic E-state index is 11.8. The topological polar surface area (TPSA) is 111 Å². The molecule has 0 aliphatic carbocycles. The Morgan fingerprint density at radius 3 is 2.85 bits per heavy atom. The van der Waals surface area contributed by atoms with Crippen molar-refractivity contribution in [2.45, 2.75) is 13.0 Å². The van der Waals surface area contributed by atoms with Crippen LogP contribution >= 0.6 is 0 Å². The molecule has 0 unspecified atom stereocenters.